The Balaban J connectivity index is 2.92. The summed E-state index contributed by atoms with van der Waals surface area (Å²) in [5, 5.41) is 0. The third-order valence-electron chi connectivity index (χ3n) is 1.81. The van der Waals surface area contributed by atoms with Gasteiger partial charge in [-0.25, -0.2) is 0 Å². The van der Waals surface area contributed by atoms with Crippen molar-refractivity contribution in [3.05, 3.63) is 53.7 Å². The van der Waals surface area contributed by atoms with Crippen LogP contribution in [0.3, 0.4) is 0 Å². The number of quaternary nitrogens is 1. The molecule has 2 nitrogen and oxygen atoms in total. The van der Waals surface area contributed by atoms with Crippen LogP contribution in [-0.4, -0.2) is 0 Å². The van der Waals surface area contributed by atoms with Crippen LogP contribution in [0.1, 0.15) is 12.5 Å². The second-order valence-corrected chi connectivity index (χ2v) is 2.91. The van der Waals surface area contributed by atoms with Crippen molar-refractivity contribution in [3.63, 3.8) is 0 Å². The second kappa shape index (κ2) is 4.48. The van der Waals surface area contributed by atoms with E-state index in [1.807, 2.05) is 43.3 Å². The first-order valence-electron chi connectivity index (χ1n) is 4.22. The van der Waals surface area contributed by atoms with Gasteiger partial charge >= 0.3 is 0 Å². The first-order valence-corrected chi connectivity index (χ1v) is 4.22. The molecule has 0 spiro atoms. The van der Waals surface area contributed by atoms with E-state index in [0.29, 0.717) is 0 Å². The third kappa shape index (κ3) is 2.76. The molecule has 1 aromatic rings. The fourth-order valence-corrected chi connectivity index (χ4v) is 1.02. The van der Waals surface area contributed by atoms with Crippen LogP contribution >= 0.6 is 0 Å². The summed E-state index contributed by atoms with van der Waals surface area (Å²) in [4.78, 5) is 0. The lowest BCUT2D eigenvalue weighted by atomic mass is 10.1. The Kier molecular flexibility index (Phi) is 3.29. The SMILES string of the molecule is CC(=C/[NH3+])/C=C(\N)c1ccccc1. The van der Waals surface area contributed by atoms with Gasteiger partial charge in [-0.1, -0.05) is 30.3 Å². The summed E-state index contributed by atoms with van der Waals surface area (Å²) in [5.74, 6) is 0. The highest BCUT2D eigenvalue weighted by molar-refractivity contribution is 5.64. The van der Waals surface area contributed by atoms with Crippen LogP contribution in [0.5, 0.6) is 0 Å². The minimum atomic E-state index is 0.776. The Bertz CT molecular complexity index is 323. The van der Waals surface area contributed by atoms with Crippen LogP contribution in [0.2, 0.25) is 0 Å². The summed E-state index contributed by atoms with van der Waals surface area (Å²) in [6.07, 6.45) is 3.71. The van der Waals surface area contributed by atoms with Gasteiger partial charge in [0.25, 0.3) is 0 Å². The van der Waals surface area contributed by atoms with Crippen LogP contribution in [-0.2, 0) is 0 Å². The molecule has 0 amide bonds. The summed E-state index contributed by atoms with van der Waals surface area (Å²) in [5.41, 5.74) is 12.4. The van der Waals surface area contributed by atoms with E-state index in [0.717, 1.165) is 16.8 Å². The molecule has 0 atom stereocenters. The lowest BCUT2D eigenvalue weighted by Crippen LogP contribution is -2.39. The normalized spacial score (nSPS) is 13.1. The average molecular weight is 175 g/mol. The van der Waals surface area contributed by atoms with Gasteiger partial charge in [-0.3, -0.25) is 0 Å². The van der Waals surface area contributed by atoms with Gasteiger partial charge in [0.05, 0.1) is 6.20 Å². The lowest BCUT2D eigenvalue weighted by molar-refractivity contribution is -0.275. The van der Waals surface area contributed by atoms with E-state index < -0.39 is 0 Å². The van der Waals surface area contributed by atoms with Crippen molar-refractivity contribution in [2.75, 3.05) is 0 Å². The van der Waals surface area contributed by atoms with Crippen molar-refractivity contribution in [3.8, 4) is 0 Å². The van der Waals surface area contributed by atoms with Gasteiger partial charge in [0.1, 0.15) is 0 Å². The quantitative estimate of drug-likeness (QED) is 0.650. The molecule has 13 heavy (non-hydrogen) atoms. The van der Waals surface area contributed by atoms with Gasteiger partial charge < -0.3 is 11.5 Å². The van der Waals surface area contributed by atoms with E-state index in [9.17, 15) is 0 Å². The van der Waals surface area contributed by atoms with E-state index in [-0.39, 0.29) is 0 Å². The molecular weight excluding hydrogens is 160 g/mol. The first kappa shape index (κ1) is 9.55. The molecule has 0 saturated carbocycles. The van der Waals surface area contributed by atoms with Crippen molar-refractivity contribution in [1.82, 2.24) is 0 Å². The first-order chi connectivity index (χ1) is 6.24. The van der Waals surface area contributed by atoms with E-state index in [2.05, 4.69) is 5.73 Å². The molecule has 1 aromatic carbocycles. The average Bonchev–Trinajstić information content (AvgIpc) is 2.19. The molecule has 0 unspecified atom stereocenters. The number of allylic oxidation sites excluding steroid dienone is 2. The molecule has 0 heterocycles. The van der Waals surface area contributed by atoms with Crippen molar-refractivity contribution >= 4 is 5.70 Å². The fourth-order valence-electron chi connectivity index (χ4n) is 1.02. The second-order valence-electron chi connectivity index (χ2n) is 2.91. The molecule has 2 heteroatoms. The van der Waals surface area contributed by atoms with Crippen molar-refractivity contribution in [1.29, 1.82) is 0 Å². The maximum Gasteiger partial charge on any atom is 0.0939 e. The van der Waals surface area contributed by atoms with E-state index >= 15 is 0 Å². The Hall–Kier alpha value is -1.54. The Labute approximate surface area is 78.6 Å². The van der Waals surface area contributed by atoms with Crippen LogP contribution in [0.25, 0.3) is 5.70 Å². The summed E-state index contributed by atoms with van der Waals surface area (Å²) in [6.45, 7) is 1.98. The molecule has 0 aliphatic carbocycles. The topological polar surface area (TPSA) is 53.7 Å². The zero-order valence-corrected chi connectivity index (χ0v) is 7.83. The standard InChI is InChI=1S/C11H14N2/c1-9(8-12)7-11(13)10-5-3-2-4-6-10/h2-8H,12-13H2,1H3/p+1/b9-8-,11-7-. The Morgan fingerprint density at radius 1 is 1.31 bits per heavy atom. The van der Waals surface area contributed by atoms with Crippen LogP contribution in [0.4, 0.5) is 0 Å². The minimum absolute atomic E-state index is 0.776. The van der Waals surface area contributed by atoms with Crippen LogP contribution in [0, 0.1) is 0 Å². The maximum absolute atomic E-state index is 5.86. The highest BCUT2D eigenvalue weighted by atomic mass is 14.6. The fraction of sp³-hybridized carbons (Fsp3) is 0.0909. The number of hydrogen-bond acceptors (Lipinski definition) is 1. The molecule has 0 aliphatic rings. The van der Waals surface area contributed by atoms with Crippen molar-refractivity contribution in [2.45, 2.75) is 6.92 Å². The highest BCUT2D eigenvalue weighted by Crippen LogP contribution is 2.09. The molecule has 0 fully saturated rings. The van der Waals surface area contributed by atoms with Crippen LogP contribution < -0.4 is 11.5 Å². The zero-order chi connectivity index (χ0) is 9.68. The predicted molar refractivity (Wildman–Crippen MR) is 55.3 cm³/mol. The number of benzene rings is 1. The van der Waals surface area contributed by atoms with Crippen molar-refractivity contribution in [2.24, 2.45) is 5.73 Å². The van der Waals surface area contributed by atoms with E-state index in [1.165, 1.54) is 0 Å². The molecule has 68 valence electrons. The summed E-state index contributed by atoms with van der Waals surface area (Å²) in [6, 6.07) is 9.89. The maximum atomic E-state index is 5.86. The Morgan fingerprint density at radius 3 is 2.46 bits per heavy atom. The molecule has 1 rings (SSSR count). The summed E-state index contributed by atoms with van der Waals surface area (Å²) in [7, 11) is 0. The zero-order valence-electron chi connectivity index (χ0n) is 7.83. The third-order valence-corrected chi connectivity index (χ3v) is 1.81. The van der Waals surface area contributed by atoms with E-state index in [1.54, 1.807) is 6.20 Å². The van der Waals surface area contributed by atoms with Gasteiger partial charge in [-0.2, -0.15) is 0 Å². The monoisotopic (exact) mass is 175 g/mol. The number of rotatable bonds is 2. The molecule has 0 aliphatic heterocycles. The van der Waals surface area contributed by atoms with Crippen molar-refractivity contribution < 1.29 is 5.73 Å². The smallest absolute Gasteiger partial charge is 0.0939 e. The predicted octanol–water partition coefficient (Wildman–Crippen LogP) is 1.13. The molecular formula is C11H15N2+. The lowest BCUT2D eigenvalue weighted by Gasteiger charge is -2.00. The largest absolute Gasteiger partial charge is 0.398 e. The van der Waals surface area contributed by atoms with Gasteiger partial charge in [0.2, 0.25) is 0 Å². The number of nitrogens with two attached hydrogens (primary N) is 1. The van der Waals surface area contributed by atoms with Gasteiger partial charge in [-0.05, 0) is 18.6 Å². The van der Waals surface area contributed by atoms with Gasteiger partial charge in [0.15, 0.2) is 0 Å². The summed E-state index contributed by atoms with van der Waals surface area (Å²) < 4.78 is 0. The molecule has 0 radical (unpaired) electrons. The van der Waals surface area contributed by atoms with Crippen LogP contribution in [0.15, 0.2) is 48.2 Å². The molecule has 0 saturated heterocycles. The van der Waals surface area contributed by atoms with E-state index in [4.69, 9.17) is 5.73 Å². The van der Waals surface area contributed by atoms with Gasteiger partial charge in [-0.15, -0.1) is 0 Å². The molecule has 0 bridgehead atoms. The van der Waals surface area contributed by atoms with Gasteiger partial charge in [0, 0.05) is 11.3 Å². The minimum Gasteiger partial charge on any atom is -0.398 e. The highest BCUT2D eigenvalue weighted by Gasteiger charge is 1.94. The molecule has 0 aromatic heterocycles. The Morgan fingerprint density at radius 2 is 1.92 bits per heavy atom. The number of hydrogen-bond donors (Lipinski definition) is 2. The summed E-state index contributed by atoms with van der Waals surface area (Å²) >= 11 is 0. The molecule has 5 N–H and O–H groups in total.